The van der Waals surface area contributed by atoms with E-state index in [9.17, 15) is 9.50 Å². The number of aliphatic hydroxyl groups is 1. The zero-order valence-corrected chi connectivity index (χ0v) is 16.1. The van der Waals surface area contributed by atoms with Gasteiger partial charge in [0.2, 0.25) is 0 Å². The summed E-state index contributed by atoms with van der Waals surface area (Å²) in [5.41, 5.74) is 2.18. The molecule has 1 saturated carbocycles. The minimum absolute atomic E-state index is 0.0697. The summed E-state index contributed by atoms with van der Waals surface area (Å²) in [6.45, 7) is 4.16. The Morgan fingerprint density at radius 2 is 2.26 bits per heavy atom. The second kappa shape index (κ2) is 8.23. The van der Waals surface area contributed by atoms with E-state index in [1.165, 1.54) is 25.0 Å². The number of aryl methyl sites for hydroxylation is 1. The van der Waals surface area contributed by atoms with Crippen molar-refractivity contribution in [1.82, 2.24) is 10.3 Å². The lowest BCUT2D eigenvalue weighted by atomic mass is 9.98. The lowest BCUT2D eigenvalue weighted by Crippen LogP contribution is -2.12. The average Bonchev–Trinajstić information content (AvgIpc) is 3.35. The summed E-state index contributed by atoms with van der Waals surface area (Å²) in [4.78, 5) is 4.42. The van der Waals surface area contributed by atoms with E-state index in [4.69, 9.17) is 21.4 Å². The van der Waals surface area contributed by atoms with Gasteiger partial charge in [0.15, 0.2) is 11.7 Å². The predicted octanol–water partition coefficient (Wildman–Crippen LogP) is 4.48. The summed E-state index contributed by atoms with van der Waals surface area (Å²) in [6.07, 6.45) is 3.64. The fourth-order valence-corrected chi connectivity index (χ4v) is 3.05. The molecule has 1 aliphatic rings. The number of nitrogens with one attached hydrogen (secondary N) is 2. The molecular weight excluding hydrogens is 369 g/mol. The molecule has 1 aromatic carbocycles. The van der Waals surface area contributed by atoms with Crippen LogP contribution in [-0.4, -0.2) is 21.8 Å². The van der Waals surface area contributed by atoms with Gasteiger partial charge in [0.25, 0.3) is 0 Å². The maximum atomic E-state index is 13.6. The van der Waals surface area contributed by atoms with Crippen molar-refractivity contribution in [1.29, 1.82) is 5.41 Å². The van der Waals surface area contributed by atoms with Crippen LogP contribution in [0.25, 0.3) is 11.3 Å². The molecule has 3 N–H and O–H groups in total. The Bertz CT molecular complexity index is 872. The van der Waals surface area contributed by atoms with Crippen LogP contribution in [0.2, 0.25) is 0 Å². The topological polar surface area (TPSA) is 82.1 Å². The average molecular weight is 392 g/mol. The molecule has 5 nitrogen and oxygen atoms in total. The normalized spacial score (nSPS) is 15.7. The lowest BCUT2D eigenvalue weighted by Gasteiger charge is -2.12. The number of allylic oxidation sites excluding steroid dienone is 1. The van der Waals surface area contributed by atoms with E-state index >= 15 is 0 Å². The molecule has 2 aromatic rings. The number of aromatic nitrogens is 1. The molecule has 0 amide bonds. The summed E-state index contributed by atoms with van der Waals surface area (Å²) in [6, 6.07) is 4.18. The van der Waals surface area contributed by atoms with Gasteiger partial charge in [0, 0.05) is 37.2 Å². The number of benzene rings is 1. The van der Waals surface area contributed by atoms with Gasteiger partial charge in [-0.05, 0) is 49.4 Å². The Kier molecular flexibility index (Phi) is 5.97. The van der Waals surface area contributed by atoms with Crippen molar-refractivity contribution in [2.24, 2.45) is 5.92 Å². The van der Waals surface area contributed by atoms with Gasteiger partial charge in [-0.2, -0.15) is 0 Å². The predicted molar refractivity (Wildman–Crippen MR) is 103 cm³/mol. The monoisotopic (exact) mass is 391 g/mol. The summed E-state index contributed by atoms with van der Waals surface area (Å²) in [5, 5.41) is 21.0. The molecule has 0 saturated heterocycles. The largest absolute Gasteiger partial charge is 0.441 e. The first-order valence-corrected chi connectivity index (χ1v) is 9.34. The number of oxazole rings is 1. The highest BCUT2D eigenvalue weighted by molar-refractivity contribution is 6.68. The molecule has 1 fully saturated rings. The first-order chi connectivity index (χ1) is 12.8. The van der Waals surface area contributed by atoms with Gasteiger partial charge in [0.05, 0.1) is 11.8 Å². The fraction of sp³-hybridized carbons (Fsp3) is 0.400. The highest BCUT2D eigenvalue weighted by atomic mass is 35.5. The van der Waals surface area contributed by atoms with Crippen LogP contribution in [0.4, 0.5) is 4.39 Å². The first-order valence-electron chi connectivity index (χ1n) is 8.96. The number of nitrogens with zero attached hydrogens (tertiary/aromatic N) is 1. The highest BCUT2D eigenvalue weighted by Gasteiger charge is 2.22. The Morgan fingerprint density at radius 3 is 2.89 bits per heavy atom. The van der Waals surface area contributed by atoms with Gasteiger partial charge >= 0.3 is 0 Å². The number of halogens is 2. The zero-order chi connectivity index (χ0) is 19.6. The molecule has 144 valence electrons. The molecule has 0 spiro atoms. The molecular formula is C20H23ClFN3O2. The molecule has 27 heavy (non-hydrogen) atoms. The van der Waals surface area contributed by atoms with E-state index in [0.717, 1.165) is 6.54 Å². The van der Waals surface area contributed by atoms with Crippen LogP contribution in [0.1, 0.15) is 43.0 Å². The number of aliphatic hydroxyl groups excluding tert-OH is 1. The van der Waals surface area contributed by atoms with Crippen molar-refractivity contribution in [2.45, 2.75) is 39.2 Å². The van der Waals surface area contributed by atoms with Crippen molar-refractivity contribution < 1.29 is 13.9 Å². The van der Waals surface area contributed by atoms with Gasteiger partial charge < -0.3 is 14.8 Å². The SMILES string of the molecule is Cc1nc(C/C(=C/NCC2CC2)C(=N)Cl)c(-c2ccc(F)cc2C(C)O)o1. The van der Waals surface area contributed by atoms with Crippen molar-refractivity contribution in [3.63, 3.8) is 0 Å². The molecule has 0 aliphatic heterocycles. The third-order valence-corrected chi connectivity index (χ3v) is 4.77. The summed E-state index contributed by atoms with van der Waals surface area (Å²) >= 11 is 5.96. The minimum Gasteiger partial charge on any atom is -0.441 e. The Labute approximate surface area is 162 Å². The Morgan fingerprint density at radius 1 is 1.52 bits per heavy atom. The van der Waals surface area contributed by atoms with Crippen LogP contribution in [0, 0.1) is 24.1 Å². The van der Waals surface area contributed by atoms with Gasteiger partial charge in [-0.1, -0.05) is 11.6 Å². The van der Waals surface area contributed by atoms with Gasteiger partial charge in [-0.3, -0.25) is 5.41 Å². The number of hydrogen-bond acceptors (Lipinski definition) is 5. The maximum absolute atomic E-state index is 13.6. The molecule has 1 unspecified atom stereocenters. The molecule has 1 aliphatic carbocycles. The molecule has 1 aromatic heterocycles. The number of rotatable bonds is 8. The van der Waals surface area contributed by atoms with E-state index in [1.807, 2.05) is 0 Å². The van der Waals surface area contributed by atoms with Gasteiger partial charge in [-0.15, -0.1) is 0 Å². The highest BCUT2D eigenvalue weighted by Crippen LogP contribution is 2.33. The maximum Gasteiger partial charge on any atom is 0.192 e. The van der Waals surface area contributed by atoms with Gasteiger partial charge in [-0.25, -0.2) is 9.37 Å². The van der Waals surface area contributed by atoms with Crippen LogP contribution in [0.15, 0.2) is 34.4 Å². The van der Waals surface area contributed by atoms with Gasteiger partial charge in [0.1, 0.15) is 11.0 Å². The Balaban J connectivity index is 1.92. The van der Waals surface area contributed by atoms with Crippen molar-refractivity contribution >= 4 is 16.8 Å². The van der Waals surface area contributed by atoms with Crippen LogP contribution in [0.3, 0.4) is 0 Å². The van der Waals surface area contributed by atoms with E-state index < -0.39 is 11.9 Å². The van der Waals surface area contributed by atoms with Crippen LogP contribution < -0.4 is 5.32 Å². The summed E-state index contributed by atoms with van der Waals surface area (Å²) in [5.74, 6) is 1.17. The molecule has 3 rings (SSSR count). The van der Waals surface area contributed by atoms with Crippen LogP contribution >= 0.6 is 11.6 Å². The fourth-order valence-electron chi connectivity index (χ4n) is 2.93. The van der Waals surface area contributed by atoms with Crippen molar-refractivity contribution in [3.05, 3.63) is 52.9 Å². The minimum atomic E-state index is -0.865. The second-order valence-corrected chi connectivity index (χ2v) is 7.31. The Hall–Kier alpha value is -2.18. The zero-order valence-electron chi connectivity index (χ0n) is 15.4. The first kappa shape index (κ1) is 19.6. The summed E-state index contributed by atoms with van der Waals surface area (Å²) in [7, 11) is 0. The molecule has 0 radical (unpaired) electrons. The molecule has 7 heteroatoms. The molecule has 1 atom stereocenters. The van der Waals surface area contributed by atoms with Crippen molar-refractivity contribution in [2.75, 3.05) is 6.54 Å². The van der Waals surface area contributed by atoms with Crippen LogP contribution in [0.5, 0.6) is 0 Å². The van der Waals surface area contributed by atoms with E-state index in [0.29, 0.717) is 46.4 Å². The third kappa shape index (κ3) is 4.96. The summed E-state index contributed by atoms with van der Waals surface area (Å²) < 4.78 is 19.4. The second-order valence-electron chi connectivity index (χ2n) is 6.93. The van der Waals surface area contributed by atoms with E-state index in [1.54, 1.807) is 26.1 Å². The lowest BCUT2D eigenvalue weighted by molar-refractivity contribution is 0.199. The number of hydrogen-bond donors (Lipinski definition) is 3. The quantitative estimate of drug-likeness (QED) is 0.579. The smallest absolute Gasteiger partial charge is 0.192 e. The van der Waals surface area contributed by atoms with Crippen LogP contribution in [-0.2, 0) is 6.42 Å². The van der Waals surface area contributed by atoms with E-state index in [2.05, 4.69) is 10.3 Å². The van der Waals surface area contributed by atoms with Crippen molar-refractivity contribution in [3.8, 4) is 11.3 Å². The van der Waals surface area contributed by atoms with E-state index in [-0.39, 0.29) is 5.17 Å². The molecule has 0 bridgehead atoms. The third-order valence-electron chi connectivity index (χ3n) is 4.53. The molecule has 1 heterocycles. The standard InChI is InChI=1S/C20H23ClFN3O2/c1-11(26)17-8-15(22)5-6-16(17)19-18(25-12(2)27-19)7-14(20(21)23)10-24-9-13-3-4-13/h5-6,8,10-11,13,23-24,26H,3-4,7,9H2,1-2H3/b14-10-,23-20?.